The molecule has 0 saturated heterocycles. The topological polar surface area (TPSA) is 105 Å². The van der Waals surface area contributed by atoms with E-state index in [1.165, 1.54) is 18.2 Å². The number of imide groups is 1. The maximum atomic E-state index is 13.1. The van der Waals surface area contributed by atoms with E-state index in [0.29, 0.717) is 23.4 Å². The first-order valence-electron chi connectivity index (χ1n) is 11.6. The van der Waals surface area contributed by atoms with Gasteiger partial charge in [0.1, 0.15) is 10.7 Å². The Bertz CT molecular complexity index is 1420. The minimum atomic E-state index is -0.720. The Morgan fingerprint density at radius 2 is 1.65 bits per heavy atom. The highest BCUT2D eigenvalue weighted by Crippen LogP contribution is 2.31. The predicted molar refractivity (Wildman–Crippen MR) is 142 cm³/mol. The monoisotopic (exact) mass is 517 g/mol. The molecule has 1 aliphatic heterocycles. The molecule has 3 amide bonds. The van der Waals surface area contributed by atoms with Crippen LogP contribution in [0.1, 0.15) is 39.6 Å². The van der Waals surface area contributed by atoms with Crippen molar-refractivity contribution in [2.75, 3.05) is 22.1 Å². The van der Waals surface area contributed by atoms with E-state index in [2.05, 4.69) is 10.6 Å². The Hall–Kier alpha value is -4.43. The molecule has 3 aromatic carbocycles. The van der Waals surface area contributed by atoms with Crippen molar-refractivity contribution in [1.29, 1.82) is 0 Å². The zero-order valence-electron chi connectivity index (χ0n) is 20.2. The highest BCUT2D eigenvalue weighted by Gasteiger charge is 2.39. The van der Waals surface area contributed by atoms with Crippen molar-refractivity contribution in [1.82, 2.24) is 0 Å². The van der Waals surface area contributed by atoms with Gasteiger partial charge in [0.15, 0.2) is 0 Å². The van der Waals surface area contributed by atoms with Crippen molar-refractivity contribution in [3.63, 3.8) is 0 Å². The summed E-state index contributed by atoms with van der Waals surface area (Å²) in [6, 6.07) is 19.9. The summed E-state index contributed by atoms with van der Waals surface area (Å²) < 4.78 is 5.13. The van der Waals surface area contributed by atoms with Gasteiger partial charge in [0.25, 0.3) is 17.7 Å². The molecule has 2 N–H and O–H groups in total. The second kappa shape index (κ2) is 11.1. The summed E-state index contributed by atoms with van der Waals surface area (Å²) in [5, 5.41) is 5.44. The van der Waals surface area contributed by atoms with Crippen LogP contribution in [-0.2, 0) is 14.3 Å². The van der Waals surface area contributed by atoms with Crippen molar-refractivity contribution in [2.45, 2.75) is 20.3 Å². The number of carbonyl (C=O) groups is 4. The zero-order chi connectivity index (χ0) is 26.5. The van der Waals surface area contributed by atoms with Crippen LogP contribution in [0.5, 0.6) is 0 Å². The summed E-state index contributed by atoms with van der Waals surface area (Å²) in [4.78, 5) is 51.6. The molecule has 0 bridgehead atoms. The molecule has 0 atom stereocenters. The second-order valence-electron chi connectivity index (χ2n) is 8.29. The summed E-state index contributed by atoms with van der Waals surface area (Å²) in [6.45, 7) is 4.04. The number of hydrogen-bond donors (Lipinski definition) is 2. The van der Waals surface area contributed by atoms with Crippen LogP contribution in [0.3, 0.4) is 0 Å². The molecule has 1 heterocycles. The fraction of sp³-hybridized carbons (Fsp3) is 0.143. The maximum absolute atomic E-state index is 13.1. The van der Waals surface area contributed by atoms with Gasteiger partial charge in [0.05, 0.1) is 17.9 Å². The van der Waals surface area contributed by atoms with Gasteiger partial charge in [-0.3, -0.25) is 14.4 Å². The molecule has 0 aromatic heterocycles. The van der Waals surface area contributed by atoms with Gasteiger partial charge < -0.3 is 15.4 Å². The molecule has 0 unspecified atom stereocenters. The average molecular weight is 518 g/mol. The highest BCUT2D eigenvalue weighted by molar-refractivity contribution is 6.53. The van der Waals surface area contributed by atoms with Gasteiger partial charge in [-0.15, -0.1) is 0 Å². The quantitative estimate of drug-likeness (QED) is 0.312. The van der Waals surface area contributed by atoms with Gasteiger partial charge in [-0.05, 0) is 67.4 Å². The first-order chi connectivity index (χ1) is 17.8. The van der Waals surface area contributed by atoms with E-state index in [9.17, 15) is 19.2 Å². The summed E-state index contributed by atoms with van der Waals surface area (Å²) in [7, 11) is 0. The number of ether oxygens (including phenoxy) is 1. The lowest BCUT2D eigenvalue weighted by molar-refractivity contribution is -0.120. The van der Waals surface area contributed by atoms with E-state index in [4.69, 9.17) is 16.3 Å². The predicted octanol–water partition coefficient (Wildman–Crippen LogP) is 5.25. The summed E-state index contributed by atoms with van der Waals surface area (Å²) in [5.41, 5.74) is 2.82. The van der Waals surface area contributed by atoms with Gasteiger partial charge in [0, 0.05) is 16.9 Å². The Morgan fingerprint density at radius 1 is 0.919 bits per heavy atom. The lowest BCUT2D eigenvalue weighted by Crippen LogP contribution is -2.32. The molecular weight excluding hydrogens is 494 g/mol. The minimum absolute atomic E-state index is 0.109. The minimum Gasteiger partial charge on any atom is -0.462 e. The number of carbonyl (C=O) groups excluding carboxylic acids is 4. The van der Waals surface area contributed by atoms with Crippen LogP contribution in [0.15, 0.2) is 83.5 Å². The molecular formula is C28H24ClN3O5. The molecule has 8 nitrogen and oxygen atoms in total. The van der Waals surface area contributed by atoms with Crippen molar-refractivity contribution in [2.24, 2.45) is 0 Å². The Kier molecular flexibility index (Phi) is 7.69. The zero-order valence-corrected chi connectivity index (χ0v) is 21.0. The van der Waals surface area contributed by atoms with Gasteiger partial charge in [-0.2, -0.15) is 0 Å². The highest BCUT2D eigenvalue weighted by atomic mass is 35.5. The third kappa shape index (κ3) is 5.54. The van der Waals surface area contributed by atoms with E-state index in [1.54, 1.807) is 30.3 Å². The van der Waals surface area contributed by atoms with E-state index in [-0.39, 0.29) is 34.5 Å². The van der Waals surface area contributed by atoms with E-state index in [1.807, 2.05) is 38.1 Å². The summed E-state index contributed by atoms with van der Waals surface area (Å²) >= 11 is 6.23. The Labute approximate surface area is 218 Å². The van der Waals surface area contributed by atoms with Crippen LogP contribution >= 0.6 is 11.6 Å². The van der Waals surface area contributed by atoms with Gasteiger partial charge in [-0.1, -0.05) is 42.8 Å². The smallest absolute Gasteiger partial charge is 0.338 e. The largest absolute Gasteiger partial charge is 0.462 e. The fourth-order valence-electron chi connectivity index (χ4n) is 3.65. The Morgan fingerprint density at radius 3 is 2.35 bits per heavy atom. The molecule has 0 radical (unpaired) electrons. The molecule has 0 aliphatic carbocycles. The maximum Gasteiger partial charge on any atom is 0.338 e. The van der Waals surface area contributed by atoms with Crippen LogP contribution in [0, 0.1) is 6.92 Å². The number of nitrogens with zero attached hydrogens (tertiary/aromatic N) is 1. The molecule has 0 fully saturated rings. The number of rotatable bonds is 8. The van der Waals surface area contributed by atoms with Gasteiger partial charge in [-0.25, -0.2) is 9.69 Å². The van der Waals surface area contributed by atoms with E-state index in [0.717, 1.165) is 10.5 Å². The first kappa shape index (κ1) is 25.7. The lowest BCUT2D eigenvalue weighted by atomic mass is 10.1. The number of aryl methyl sites for hydroxylation is 1. The number of hydrogen-bond acceptors (Lipinski definition) is 6. The molecule has 3 aromatic rings. The molecule has 1 aliphatic rings. The summed E-state index contributed by atoms with van der Waals surface area (Å²) in [6.07, 6.45) is 0.668. The van der Waals surface area contributed by atoms with Crippen LogP contribution in [0.25, 0.3) is 0 Å². The van der Waals surface area contributed by atoms with Gasteiger partial charge >= 0.3 is 5.97 Å². The first-order valence-corrected chi connectivity index (χ1v) is 12.0. The number of nitrogens with one attached hydrogen (secondary N) is 2. The summed E-state index contributed by atoms with van der Waals surface area (Å²) in [5.74, 6) is -2.22. The lowest BCUT2D eigenvalue weighted by Gasteiger charge is -2.16. The SMILES string of the molecule is CCCOC(=O)c1cccc(N2C(=O)C(Cl)=C(Nc3ccc(C(=O)Nc4ccccc4C)cc3)C2=O)c1. The molecule has 188 valence electrons. The number of benzene rings is 3. The standard InChI is InChI=1S/C28H24ClN3O5/c1-3-15-37-28(36)19-8-6-9-21(16-19)32-26(34)23(29)24(27(32)35)30-20-13-11-18(12-14-20)25(33)31-22-10-5-4-7-17(22)2/h4-14,16,30H,3,15H2,1-2H3,(H,31,33). The van der Waals surface area contributed by atoms with Crippen LogP contribution in [0.4, 0.5) is 17.1 Å². The molecule has 9 heteroatoms. The number of halogens is 1. The molecule has 4 rings (SSSR count). The normalized spacial score (nSPS) is 13.1. The van der Waals surface area contributed by atoms with Crippen molar-refractivity contribution < 1.29 is 23.9 Å². The van der Waals surface area contributed by atoms with Crippen molar-refractivity contribution in [3.8, 4) is 0 Å². The fourth-order valence-corrected chi connectivity index (χ4v) is 3.87. The van der Waals surface area contributed by atoms with Crippen LogP contribution in [-0.4, -0.2) is 30.3 Å². The molecule has 37 heavy (non-hydrogen) atoms. The third-order valence-corrected chi connectivity index (χ3v) is 5.96. The van der Waals surface area contributed by atoms with Crippen molar-refractivity contribution >= 4 is 52.4 Å². The number of esters is 1. The molecule has 0 saturated carbocycles. The number of anilines is 3. The van der Waals surface area contributed by atoms with Crippen LogP contribution in [0.2, 0.25) is 0 Å². The Balaban J connectivity index is 1.48. The third-order valence-electron chi connectivity index (χ3n) is 5.61. The van der Waals surface area contributed by atoms with E-state index >= 15 is 0 Å². The van der Waals surface area contributed by atoms with E-state index < -0.39 is 17.8 Å². The van der Waals surface area contributed by atoms with Gasteiger partial charge in [0.2, 0.25) is 0 Å². The van der Waals surface area contributed by atoms with Crippen LogP contribution < -0.4 is 15.5 Å². The van der Waals surface area contributed by atoms with Crippen molar-refractivity contribution in [3.05, 3.63) is 100 Å². The number of para-hydroxylation sites is 1. The number of amides is 3. The molecule has 0 spiro atoms. The average Bonchev–Trinajstić information content (AvgIpc) is 3.11. The second-order valence-corrected chi connectivity index (χ2v) is 8.67.